The van der Waals surface area contributed by atoms with E-state index in [4.69, 9.17) is 0 Å². The molecular weight excluding hydrogens is 268 g/mol. The minimum atomic E-state index is -0.198. The van der Waals surface area contributed by atoms with E-state index in [1.165, 1.54) is 11.3 Å². The first-order valence-electron chi connectivity index (χ1n) is 5.49. The fourth-order valence-corrected chi connectivity index (χ4v) is 2.52. The number of hydrogen-bond acceptors (Lipinski definition) is 5. The second-order valence-corrected chi connectivity index (χ2v) is 5.48. The molecule has 2 aromatic heterocycles. The zero-order chi connectivity index (χ0) is 12.8. The van der Waals surface area contributed by atoms with Gasteiger partial charge in [-0.3, -0.25) is 10.1 Å². The Bertz CT molecular complexity index is 469. The van der Waals surface area contributed by atoms with E-state index in [0.717, 1.165) is 12.2 Å². The second-order valence-electron chi connectivity index (χ2n) is 3.66. The summed E-state index contributed by atoms with van der Waals surface area (Å²) in [6.07, 6.45) is 6.64. The SMILES string of the molecule is CSCC[C@@H](C(=O)Nc1nncs1)n1cccc1. The summed E-state index contributed by atoms with van der Waals surface area (Å²) in [4.78, 5) is 12.2. The first kappa shape index (κ1) is 13.1. The zero-order valence-corrected chi connectivity index (χ0v) is 11.6. The minimum Gasteiger partial charge on any atom is -0.342 e. The summed E-state index contributed by atoms with van der Waals surface area (Å²) in [5.41, 5.74) is 1.60. The van der Waals surface area contributed by atoms with E-state index in [9.17, 15) is 4.79 Å². The molecular formula is C11H14N4OS2. The summed E-state index contributed by atoms with van der Waals surface area (Å²) >= 11 is 3.06. The van der Waals surface area contributed by atoms with Crippen molar-refractivity contribution < 1.29 is 4.79 Å². The van der Waals surface area contributed by atoms with Crippen LogP contribution >= 0.6 is 23.1 Å². The number of hydrogen-bond donors (Lipinski definition) is 1. The average Bonchev–Trinajstić information content (AvgIpc) is 3.02. The van der Waals surface area contributed by atoms with E-state index in [1.807, 2.05) is 35.3 Å². The number of amides is 1. The lowest BCUT2D eigenvalue weighted by molar-refractivity contribution is -0.119. The highest BCUT2D eigenvalue weighted by molar-refractivity contribution is 7.98. The predicted molar refractivity (Wildman–Crippen MR) is 75.0 cm³/mol. The first-order chi connectivity index (χ1) is 8.81. The van der Waals surface area contributed by atoms with Crippen molar-refractivity contribution in [3.63, 3.8) is 0 Å². The molecule has 2 rings (SSSR count). The molecule has 0 fully saturated rings. The molecule has 0 aromatic carbocycles. The maximum absolute atomic E-state index is 12.2. The number of anilines is 1. The summed E-state index contributed by atoms with van der Waals surface area (Å²) in [5.74, 6) is 0.892. The quantitative estimate of drug-likeness (QED) is 0.883. The van der Waals surface area contributed by atoms with Crippen LogP contribution < -0.4 is 5.32 Å². The van der Waals surface area contributed by atoms with Gasteiger partial charge in [-0.05, 0) is 30.6 Å². The van der Waals surface area contributed by atoms with E-state index < -0.39 is 0 Å². The number of thioether (sulfide) groups is 1. The number of rotatable bonds is 6. The lowest BCUT2D eigenvalue weighted by Crippen LogP contribution is -2.25. The lowest BCUT2D eigenvalue weighted by atomic mass is 10.2. The fraction of sp³-hybridized carbons (Fsp3) is 0.364. The van der Waals surface area contributed by atoms with Gasteiger partial charge in [-0.15, -0.1) is 10.2 Å². The second kappa shape index (κ2) is 6.55. The summed E-state index contributed by atoms with van der Waals surface area (Å²) in [6.45, 7) is 0. The van der Waals surface area contributed by atoms with E-state index in [1.54, 1.807) is 17.3 Å². The van der Waals surface area contributed by atoms with Crippen molar-refractivity contribution in [1.82, 2.24) is 14.8 Å². The van der Waals surface area contributed by atoms with Crippen molar-refractivity contribution in [3.05, 3.63) is 30.0 Å². The molecule has 0 saturated carbocycles. The predicted octanol–water partition coefficient (Wildman–Crippen LogP) is 2.27. The molecule has 96 valence electrons. The van der Waals surface area contributed by atoms with Crippen LogP contribution in [-0.4, -0.2) is 32.7 Å². The Morgan fingerprint density at radius 1 is 1.56 bits per heavy atom. The van der Waals surface area contributed by atoms with Crippen molar-refractivity contribution in [2.24, 2.45) is 0 Å². The smallest absolute Gasteiger partial charge is 0.249 e. The highest BCUT2D eigenvalue weighted by atomic mass is 32.2. The van der Waals surface area contributed by atoms with Crippen LogP contribution in [0.3, 0.4) is 0 Å². The highest BCUT2D eigenvalue weighted by Crippen LogP contribution is 2.18. The van der Waals surface area contributed by atoms with Gasteiger partial charge in [0.05, 0.1) is 0 Å². The standard InChI is InChI=1S/C11H14N4OS2/c1-17-7-4-9(15-5-2-3-6-15)10(16)13-11-14-12-8-18-11/h2-3,5-6,8-9H,4,7H2,1H3,(H,13,14,16)/t9-/m0/s1. The third-order valence-corrected chi connectivity index (χ3v) is 3.73. The molecule has 0 saturated heterocycles. The number of nitrogens with zero attached hydrogens (tertiary/aromatic N) is 3. The van der Waals surface area contributed by atoms with Gasteiger partial charge in [-0.25, -0.2) is 0 Å². The summed E-state index contributed by atoms with van der Waals surface area (Å²) in [6, 6.07) is 3.64. The molecule has 0 bridgehead atoms. The monoisotopic (exact) mass is 282 g/mol. The van der Waals surface area contributed by atoms with E-state index in [2.05, 4.69) is 15.5 Å². The van der Waals surface area contributed by atoms with Gasteiger partial charge in [0.15, 0.2) is 0 Å². The molecule has 1 amide bonds. The normalized spacial score (nSPS) is 12.3. The minimum absolute atomic E-state index is 0.0444. The topological polar surface area (TPSA) is 59.8 Å². The van der Waals surface area contributed by atoms with Crippen LogP contribution in [0.5, 0.6) is 0 Å². The van der Waals surface area contributed by atoms with Gasteiger partial charge in [-0.2, -0.15) is 11.8 Å². The third-order valence-electron chi connectivity index (χ3n) is 2.48. The lowest BCUT2D eigenvalue weighted by Gasteiger charge is -2.17. The Labute approximate surface area is 114 Å². The van der Waals surface area contributed by atoms with Crippen LogP contribution in [0, 0.1) is 0 Å². The Balaban J connectivity index is 2.06. The average molecular weight is 282 g/mol. The van der Waals surface area contributed by atoms with E-state index in [0.29, 0.717) is 5.13 Å². The molecule has 0 radical (unpaired) electrons. The Kier molecular flexibility index (Phi) is 4.77. The van der Waals surface area contributed by atoms with E-state index in [-0.39, 0.29) is 11.9 Å². The molecule has 7 heteroatoms. The summed E-state index contributed by atoms with van der Waals surface area (Å²) in [5, 5.41) is 10.9. The Morgan fingerprint density at radius 3 is 2.94 bits per heavy atom. The zero-order valence-electron chi connectivity index (χ0n) is 9.94. The molecule has 0 aliphatic heterocycles. The molecule has 0 aliphatic rings. The number of carbonyl (C=O) groups excluding carboxylic acids is 1. The molecule has 0 spiro atoms. The maximum atomic E-state index is 12.2. The van der Waals surface area contributed by atoms with Gasteiger partial charge in [0.1, 0.15) is 11.6 Å². The maximum Gasteiger partial charge on any atom is 0.249 e. The van der Waals surface area contributed by atoms with E-state index >= 15 is 0 Å². The van der Waals surface area contributed by atoms with Crippen LogP contribution in [0.15, 0.2) is 30.0 Å². The van der Waals surface area contributed by atoms with Gasteiger partial charge in [0.2, 0.25) is 11.0 Å². The van der Waals surface area contributed by atoms with Gasteiger partial charge in [0.25, 0.3) is 0 Å². The summed E-state index contributed by atoms with van der Waals surface area (Å²) in [7, 11) is 0. The molecule has 2 heterocycles. The number of nitrogens with one attached hydrogen (secondary N) is 1. The fourth-order valence-electron chi connectivity index (χ4n) is 1.62. The largest absolute Gasteiger partial charge is 0.342 e. The van der Waals surface area contributed by atoms with Crippen molar-refractivity contribution in [1.29, 1.82) is 0 Å². The Morgan fingerprint density at radius 2 is 2.33 bits per heavy atom. The molecule has 0 unspecified atom stereocenters. The highest BCUT2D eigenvalue weighted by Gasteiger charge is 2.20. The van der Waals surface area contributed by atoms with Gasteiger partial charge in [-0.1, -0.05) is 11.3 Å². The first-order valence-corrected chi connectivity index (χ1v) is 7.77. The van der Waals surface area contributed by atoms with Crippen LogP contribution in [0.1, 0.15) is 12.5 Å². The van der Waals surface area contributed by atoms with Crippen molar-refractivity contribution >= 4 is 34.1 Å². The van der Waals surface area contributed by atoms with Gasteiger partial charge >= 0.3 is 0 Å². The Hall–Kier alpha value is -1.34. The molecule has 0 aliphatic carbocycles. The van der Waals surface area contributed by atoms with Crippen molar-refractivity contribution in [2.75, 3.05) is 17.3 Å². The molecule has 1 N–H and O–H groups in total. The molecule has 2 aromatic rings. The third kappa shape index (κ3) is 3.33. The van der Waals surface area contributed by atoms with Gasteiger partial charge in [0, 0.05) is 12.4 Å². The summed E-state index contributed by atoms with van der Waals surface area (Å²) < 4.78 is 1.92. The number of carbonyl (C=O) groups is 1. The van der Waals surface area contributed by atoms with Crippen LogP contribution in [0.2, 0.25) is 0 Å². The molecule has 5 nitrogen and oxygen atoms in total. The van der Waals surface area contributed by atoms with Gasteiger partial charge < -0.3 is 4.57 Å². The molecule has 1 atom stereocenters. The van der Waals surface area contributed by atoms with Crippen molar-refractivity contribution in [3.8, 4) is 0 Å². The molecule has 18 heavy (non-hydrogen) atoms. The van der Waals surface area contributed by atoms with Crippen LogP contribution in [0.25, 0.3) is 0 Å². The number of aromatic nitrogens is 3. The van der Waals surface area contributed by atoms with Crippen LogP contribution in [0.4, 0.5) is 5.13 Å². The van der Waals surface area contributed by atoms with Crippen molar-refractivity contribution in [2.45, 2.75) is 12.5 Å². The van der Waals surface area contributed by atoms with Crippen LogP contribution in [-0.2, 0) is 4.79 Å².